The van der Waals surface area contributed by atoms with Gasteiger partial charge in [-0.25, -0.2) is 0 Å². The lowest BCUT2D eigenvalue weighted by molar-refractivity contribution is -0.128. The summed E-state index contributed by atoms with van der Waals surface area (Å²) in [6.45, 7) is 3.65. The highest BCUT2D eigenvalue weighted by Crippen LogP contribution is 2.28. The maximum atomic E-state index is 12.7. The number of hydrogen-bond donors (Lipinski definition) is 2. The van der Waals surface area contributed by atoms with Crippen molar-refractivity contribution in [3.05, 3.63) is 81.7 Å². The zero-order valence-corrected chi connectivity index (χ0v) is 22.3. The maximum absolute atomic E-state index is 12.7. The van der Waals surface area contributed by atoms with Crippen LogP contribution in [0.1, 0.15) is 41.8 Å². The Morgan fingerprint density at radius 3 is 2.63 bits per heavy atom. The number of carbonyl (C=O) groups excluding carboxylic acids is 2. The summed E-state index contributed by atoms with van der Waals surface area (Å²) in [6, 6.07) is 14.8. The topological polar surface area (TPSA) is 94.9 Å². The van der Waals surface area contributed by atoms with Gasteiger partial charge in [-0.2, -0.15) is 0 Å². The van der Waals surface area contributed by atoms with Crippen LogP contribution in [0, 0.1) is 0 Å². The van der Waals surface area contributed by atoms with Gasteiger partial charge in [-0.15, -0.1) is 0 Å². The molecule has 5 rings (SSSR count). The number of nitrogens with one attached hydrogen (secondary N) is 2. The second-order valence-electron chi connectivity index (χ2n) is 9.60. The molecule has 0 radical (unpaired) electrons. The molecule has 38 heavy (non-hydrogen) atoms. The number of likely N-dealkylation sites (tertiary alicyclic amines) is 1. The Bertz CT molecular complexity index is 1420. The van der Waals surface area contributed by atoms with Gasteiger partial charge < -0.3 is 24.3 Å². The van der Waals surface area contributed by atoms with Gasteiger partial charge in [0.2, 0.25) is 5.91 Å². The number of amides is 2. The van der Waals surface area contributed by atoms with Crippen LogP contribution in [0.4, 0.5) is 11.4 Å². The van der Waals surface area contributed by atoms with Crippen molar-refractivity contribution in [2.75, 3.05) is 42.1 Å². The van der Waals surface area contributed by atoms with Gasteiger partial charge in [0, 0.05) is 62.8 Å². The van der Waals surface area contributed by atoms with Crippen molar-refractivity contribution >= 4 is 46.1 Å². The second kappa shape index (κ2) is 11.8. The molecule has 9 heteroatoms. The van der Waals surface area contributed by atoms with Crippen LogP contribution in [-0.2, 0) is 11.3 Å². The van der Waals surface area contributed by atoms with Crippen LogP contribution >= 0.6 is 11.9 Å². The molecule has 2 aromatic carbocycles. The first kappa shape index (κ1) is 25.9. The molecule has 8 nitrogen and oxygen atoms in total. The Labute approximate surface area is 226 Å². The summed E-state index contributed by atoms with van der Waals surface area (Å²) in [7, 11) is 0. The molecule has 0 atom stereocenters. The molecule has 2 N–H and O–H groups in total. The van der Waals surface area contributed by atoms with E-state index in [1.165, 1.54) is 34.8 Å². The van der Waals surface area contributed by atoms with Crippen molar-refractivity contribution in [2.45, 2.75) is 32.2 Å². The Hall–Kier alpha value is -3.72. The lowest BCUT2D eigenvalue weighted by Crippen LogP contribution is -2.33. The van der Waals surface area contributed by atoms with Gasteiger partial charge in [-0.1, -0.05) is 41.8 Å². The molecule has 2 fully saturated rings. The molecule has 1 aromatic heterocycles. The average Bonchev–Trinajstić information content (AvgIpc) is 3.34. The van der Waals surface area contributed by atoms with E-state index >= 15 is 0 Å². The summed E-state index contributed by atoms with van der Waals surface area (Å²) in [5, 5.41) is 3.29. The maximum Gasteiger partial charge on any atom is 0.287 e. The summed E-state index contributed by atoms with van der Waals surface area (Å²) in [5.74, 6) is -0.157. The average molecular weight is 533 g/mol. The fourth-order valence-electron chi connectivity index (χ4n) is 5.09. The van der Waals surface area contributed by atoms with Crippen molar-refractivity contribution in [1.29, 1.82) is 0 Å². The number of rotatable bonds is 8. The van der Waals surface area contributed by atoms with Crippen molar-refractivity contribution in [3.8, 4) is 0 Å². The SMILES string of the molecule is CSNc1ccc2oc(C(=O)NCC=C3CCN(c4ccccc4CN4CCCC4=O)CC3)cc(=O)c2c1. The second-order valence-corrected chi connectivity index (χ2v) is 10.2. The highest BCUT2D eigenvalue weighted by Gasteiger charge is 2.23. The Balaban J connectivity index is 1.16. The van der Waals surface area contributed by atoms with E-state index in [1.54, 1.807) is 12.1 Å². The highest BCUT2D eigenvalue weighted by atomic mass is 32.2. The minimum atomic E-state index is -0.407. The zero-order valence-electron chi connectivity index (χ0n) is 21.5. The van der Waals surface area contributed by atoms with Gasteiger partial charge in [0.25, 0.3) is 5.91 Å². The summed E-state index contributed by atoms with van der Waals surface area (Å²) >= 11 is 1.44. The number of hydrogen-bond acceptors (Lipinski definition) is 7. The number of carbonyl (C=O) groups is 2. The van der Waals surface area contributed by atoms with Crippen LogP contribution in [0.5, 0.6) is 0 Å². The van der Waals surface area contributed by atoms with Crippen LogP contribution in [0.25, 0.3) is 11.0 Å². The van der Waals surface area contributed by atoms with Gasteiger partial charge >= 0.3 is 0 Å². The van der Waals surface area contributed by atoms with E-state index in [-0.39, 0.29) is 17.1 Å². The lowest BCUT2D eigenvalue weighted by Gasteiger charge is -2.33. The number of fused-ring (bicyclic) bond motifs is 1. The summed E-state index contributed by atoms with van der Waals surface area (Å²) in [4.78, 5) is 41.7. The number of nitrogens with zero attached hydrogens (tertiary/aromatic N) is 2. The van der Waals surface area contributed by atoms with Crippen molar-refractivity contribution < 1.29 is 14.0 Å². The molecule has 3 aromatic rings. The number of para-hydroxylation sites is 1. The third-order valence-electron chi connectivity index (χ3n) is 7.09. The molecule has 0 bridgehead atoms. The molecule has 0 unspecified atom stereocenters. The minimum absolute atomic E-state index is 0.00869. The van der Waals surface area contributed by atoms with E-state index in [4.69, 9.17) is 4.42 Å². The van der Waals surface area contributed by atoms with E-state index in [2.05, 4.69) is 39.2 Å². The predicted octanol–water partition coefficient (Wildman–Crippen LogP) is 4.56. The number of anilines is 2. The fourth-order valence-corrected chi connectivity index (χ4v) is 5.46. The molecular formula is C29H32N4O4S. The number of benzene rings is 2. The monoisotopic (exact) mass is 532 g/mol. The Kier molecular flexibility index (Phi) is 8.03. The Morgan fingerprint density at radius 2 is 1.87 bits per heavy atom. The standard InChI is InChI=1S/C29H32N4O4S/c1-38-31-22-8-9-26-23(17-22)25(34)18-27(37-26)29(36)30-13-10-20-11-15-32(16-12-20)24-6-3-2-5-21(24)19-33-14-4-7-28(33)35/h2-3,5-6,8-10,17-18,31H,4,7,11-16,19H2,1H3,(H,30,36). The Morgan fingerprint density at radius 1 is 1.05 bits per heavy atom. The van der Waals surface area contributed by atoms with Crippen molar-refractivity contribution in [3.63, 3.8) is 0 Å². The molecule has 2 amide bonds. The van der Waals surface area contributed by atoms with Crippen LogP contribution in [0.3, 0.4) is 0 Å². The lowest BCUT2D eigenvalue weighted by atomic mass is 10.0. The largest absolute Gasteiger partial charge is 0.451 e. The van der Waals surface area contributed by atoms with E-state index in [0.29, 0.717) is 30.5 Å². The molecule has 198 valence electrons. The van der Waals surface area contributed by atoms with E-state index in [1.807, 2.05) is 23.3 Å². The smallest absolute Gasteiger partial charge is 0.287 e. The van der Waals surface area contributed by atoms with Crippen LogP contribution in [0.2, 0.25) is 0 Å². The molecule has 3 heterocycles. The normalized spacial score (nSPS) is 15.7. The first-order chi connectivity index (χ1) is 18.5. The molecular weight excluding hydrogens is 500 g/mol. The highest BCUT2D eigenvalue weighted by molar-refractivity contribution is 7.99. The third-order valence-corrected chi connectivity index (χ3v) is 7.53. The minimum Gasteiger partial charge on any atom is -0.451 e. The summed E-state index contributed by atoms with van der Waals surface area (Å²) in [6.07, 6.45) is 7.37. The molecule has 2 saturated heterocycles. The fraction of sp³-hybridized carbons (Fsp3) is 0.345. The van der Waals surface area contributed by atoms with Gasteiger partial charge in [-0.05, 0) is 49.1 Å². The first-order valence-electron chi connectivity index (χ1n) is 13.0. The van der Waals surface area contributed by atoms with Crippen LogP contribution in [0.15, 0.2) is 69.4 Å². The quantitative estimate of drug-likeness (QED) is 0.324. The first-order valence-corrected chi connectivity index (χ1v) is 14.2. The van der Waals surface area contributed by atoms with Crippen LogP contribution < -0.4 is 20.4 Å². The predicted molar refractivity (Wildman–Crippen MR) is 153 cm³/mol. The van der Waals surface area contributed by atoms with Gasteiger partial charge in [0.05, 0.1) is 5.39 Å². The molecule has 0 saturated carbocycles. The van der Waals surface area contributed by atoms with Crippen molar-refractivity contribution in [2.24, 2.45) is 0 Å². The van der Waals surface area contributed by atoms with Crippen molar-refractivity contribution in [1.82, 2.24) is 10.2 Å². The molecule has 0 aliphatic carbocycles. The molecule has 2 aliphatic heterocycles. The van der Waals surface area contributed by atoms with Gasteiger partial charge in [-0.3, -0.25) is 14.4 Å². The number of piperidine rings is 1. The summed E-state index contributed by atoms with van der Waals surface area (Å²) < 4.78 is 8.80. The molecule has 2 aliphatic rings. The molecule has 0 spiro atoms. The summed E-state index contributed by atoms with van der Waals surface area (Å²) in [5.41, 5.74) is 4.62. The van der Waals surface area contributed by atoms with Gasteiger partial charge in [0.15, 0.2) is 11.2 Å². The van der Waals surface area contributed by atoms with Crippen LogP contribution in [-0.4, -0.2) is 49.1 Å². The van der Waals surface area contributed by atoms with E-state index < -0.39 is 5.91 Å². The third kappa shape index (κ3) is 5.88. The van der Waals surface area contributed by atoms with E-state index in [9.17, 15) is 14.4 Å². The van der Waals surface area contributed by atoms with E-state index in [0.717, 1.165) is 44.6 Å². The van der Waals surface area contributed by atoms with Gasteiger partial charge in [0.1, 0.15) is 5.58 Å². The zero-order chi connectivity index (χ0) is 26.5.